The second kappa shape index (κ2) is 14.4. The maximum atomic E-state index is 11.8. The van der Waals surface area contributed by atoms with Gasteiger partial charge in [0.05, 0.1) is 18.8 Å². The zero-order valence-corrected chi connectivity index (χ0v) is 20.5. The van der Waals surface area contributed by atoms with Crippen LogP contribution in [0.15, 0.2) is 12.2 Å². The monoisotopic (exact) mass is 503 g/mol. The van der Waals surface area contributed by atoms with Crippen molar-refractivity contribution in [2.45, 2.75) is 84.4 Å². The van der Waals surface area contributed by atoms with Gasteiger partial charge in [0.15, 0.2) is 24.6 Å². The van der Waals surface area contributed by atoms with Crippen molar-refractivity contribution in [2.75, 3.05) is 13.2 Å². The summed E-state index contributed by atoms with van der Waals surface area (Å²) in [6.45, 7) is 6.66. The molecule has 1 aliphatic heterocycles. The molecular weight excluding hydrogens is 470 g/mol. The number of carbonyl (C=O) groups is 5. The molecule has 7 atom stereocenters. The fourth-order valence-corrected chi connectivity index (χ4v) is 3.34. The summed E-state index contributed by atoms with van der Waals surface area (Å²) < 4.78 is 32.4. The summed E-state index contributed by atoms with van der Waals surface area (Å²) in [6.07, 6.45) is -4.85. The molecule has 2 N–H and O–H groups in total. The Hall–Kier alpha value is -3.03. The van der Waals surface area contributed by atoms with Crippen molar-refractivity contribution in [2.24, 2.45) is 0 Å². The van der Waals surface area contributed by atoms with Crippen LogP contribution in [-0.4, -0.2) is 91.0 Å². The molecule has 0 aromatic rings. The average Bonchev–Trinajstić information content (AvgIpc) is 2.72. The first kappa shape index (κ1) is 30.0. The molecular formula is C22H33NO12. The second-order valence-corrected chi connectivity index (χ2v) is 7.72. The number of rotatable bonds is 11. The molecule has 1 fully saturated rings. The lowest BCUT2D eigenvalue weighted by molar-refractivity contribution is -0.309. The van der Waals surface area contributed by atoms with E-state index in [1.807, 2.05) is 0 Å². The second-order valence-electron chi connectivity index (χ2n) is 7.72. The van der Waals surface area contributed by atoms with Gasteiger partial charge in [-0.05, 0) is 6.92 Å². The number of nitrogens with one attached hydrogen (secondary N) is 1. The van der Waals surface area contributed by atoms with Crippen LogP contribution in [-0.2, 0) is 52.4 Å². The minimum Gasteiger partial charge on any atom is -0.463 e. The van der Waals surface area contributed by atoms with Crippen molar-refractivity contribution in [3.63, 3.8) is 0 Å². The van der Waals surface area contributed by atoms with Gasteiger partial charge in [-0.1, -0.05) is 12.2 Å². The van der Waals surface area contributed by atoms with Gasteiger partial charge in [-0.25, -0.2) is 0 Å². The largest absolute Gasteiger partial charge is 0.463 e. The molecule has 13 heteroatoms. The third kappa shape index (κ3) is 10.4. The van der Waals surface area contributed by atoms with Gasteiger partial charge in [0, 0.05) is 34.6 Å². The van der Waals surface area contributed by atoms with E-state index in [1.165, 1.54) is 13.0 Å². The van der Waals surface area contributed by atoms with E-state index in [1.54, 1.807) is 13.0 Å². The average molecular weight is 504 g/mol. The highest BCUT2D eigenvalue weighted by Crippen LogP contribution is 2.30. The lowest BCUT2D eigenvalue weighted by Gasteiger charge is -2.44. The standard InChI is InChI=1S/C22H33NO12/c1-7-8-17(29)16(23-11(2)24)9-31-22-21(34-15(6)28)20(33-14(5)27)19(32-13(4)26)18(35-22)10-30-12(3)25/h7-8,16-22,29H,9-10H2,1-6H3,(H,23,24)/b8-7+/t16-,17+,18+,19-,20-,21+,22+/m0/s1. The summed E-state index contributed by atoms with van der Waals surface area (Å²) in [7, 11) is 0. The van der Waals surface area contributed by atoms with E-state index >= 15 is 0 Å². The molecule has 0 unspecified atom stereocenters. The lowest BCUT2D eigenvalue weighted by atomic mass is 9.98. The first-order valence-electron chi connectivity index (χ1n) is 10.9. The number of amides is 1. The molecule has 0 aromatic heterocycles. The predicted molar refractivity (Wildman–Crippen MR) is 116 cm³/mol. The number of allylic oxidation sites excluding steroid dienone is 1. The Labute approximate surface area is 203 Å². The SMILES string of the molecule is C/C=C/[C@@H](O)[C@H](CO[C@@H]1O[C@H](COC(C)=O)[C@H](OC(C)=O)[C@H](OC(C)=O)[C@H]1OC(C)=O)NC(C)=O. The van der Waals surface area contributed by atoms with Crippen molar-refractivity contribution in [1.29, 1.82) is 0 Å². The molecule has 13 nitrogen and oxygen atoms in total. The summed E-state index contributed by atoms with van der Waals surface area (Å²) in [5.74, 6) is -3.42. The maximum absolute atomic E-state index is 11.8. The van der Waals surface area contributed by atoms with E-state index in [2.05, 4.69) is 5.32 Å². The normalized spacial score (nSPS) is 25.7. The molecule has 1 aliphatic rings. The number of carbonyl (C=O) groups excluding carboxylic acids is 5. The molecule has 35 heavy (non-hydrogen) atoms. The van der Waals surface area contributed by atoms with E-state index in [0.29, 0.717) is 0 Å². The summed E-state index contributed by atoms with van der Waals surface area (Å²) in [4.78, 5) is 58.4. The van der Waals surface area contributed by atoms with Crippen LogP contribution in [0.25, 0.3) is 0 Å². The zero-order chi connectivity index (χ0) is 26.7. The molecule has 0 aromatic carbocycles. The Balaban J connectivity index is 3.33. The molecule has 0 aliphatic carbocycles. The van der Waals surface area contributed by atoms with Gasteiger partial charge in [-0.2, -0.15) is 0 Å². The molecule has 0 bridgehead atoms. The number of hydrogen-bond donors (Lipinski definition) is 2. The van der Waals surface area contributed by atoms with E-state index < -0.39 is 79.2 Å². The number of ether oxygens (including phenoxy) is 6. The minimum atomic E-state index is -1.43. The third-order valence-corrected chi connectivity index (χ3v) is 4.58. The Morgan fingerprint density at radius 3 is 1.91 bits per heavy atom. The summed E-state index contributed by atoms with van der Waals surface area (Å²) >= 11 is 0. The van der Waals surface area contributed by atoms with Crippen LogP contribution in [0.2, 0.25) is 0 Å². The molecule has 198 valence electrons. The van der Waals surface area contributed by atoms with Crippen LogP contribution in [0, 0.1) is 0 Å². The van der Waals surface area contributed by atoms with Crippen molar-refractivity contribution in [3.8, 4) is 0 Å². The van der Waals surface area contributed by atoms with Crippen LogP contribution in [0.1, 0.15) is 41.5 Å². The number of aliphatic hydroxyl groups excluding tert-OH is 1. The maximum Gasteiger partial charge on any atom is 0.303 e. The summed E-state index contributed by atoms with van der Waals surface area (Å²) in [5, 5.41) is 12.9. The van der Waals surface area contributed by atoms with E-state index in [-0.39, 0.29) is 6.61 Å². The highest BCUT2D eigenvalue weighted by atomic mass is 16.7. The van der Waals surface area contributed by atoms with Crippen LogP contribution in [0.3, 0.4) is 0 Å². The Morgan fingerprint density at radius 2 is 1.43 bits per heavy atom. The Morgan fingerprint density at radius 1 is 0.886 bits per heavy atom. The van der Waals surface area contributed by atoms with Crippen molar-refractivity contribution in [3.05, 3.63) is 12.2 Å². The molecule has 1 amide bonds. The lowest BCUT2D eigenvalue weighted by Crippen LogP contribution is -2.63. The van der Waals surface area contributed by atoms with Crippen LogP contribution >= 0.6 is 0 Å². The van der Waals surface area contributed by atoms with Gasteiger partial charge < -0.3 is 38.8 Å². The first-order chi connectivity index (χ1) is 16.3. The third-order valence-electron chi connectivity index (χ3n) is 4.58. The van der Waals surface area contributed by atoms with Crippen molar-refractivity contribution in [1.82, 2.24) is 5.32 Å². The Kier molecular flexibility index (Phi) is 12.3. The predicted octanol–water partition coefficient (Wildman–Crippen LogP) is -0.472. The van der Waals surface area contributed by atoms with Gasteiger partial charge in [-0.15, -0.1) is 0 Å². The van der Waals surface area contributed by atoms with E-state index in [4.69, 9.17) is 28.4 Å². The van der Waals surface area contributed by atoms with Gasteiger partial charge in [0.25, 0.3) is 0 Å². The van der Waals surface area contributed by atoms with Gasteiger partial charge >= 0.3 is 23.9 Å². The van der Waals surface area contributed by atoms with Crippen LogP contribution in [0.4, 0.5) is 0 Å². The molecule has 1 rings (SSSR count). The molecule has 0 radical (unpaired) electrons. The Bertz CT molecular complexity index is 797. The van der Waals surface area contributed by atoms with Gasteiger partial charge in [0.2, 0.25) is 5.91 Å². The fourth-order valence-electron chi connectivity index (χ4n) is 3.34. The first-order valence-corrected chi connectivity index (χ1v) is 10.9. The van der Waals surface area contributed by atoms with E-state index in [9.17, 15) is 29.1 Å². The van der Waals surface area contributed by atoms with Gasteiger partial charge in [-0.3, -0.25) is 24.0 Å². The van der Waals surface area contributed by atoms with Crippen molar-refractivity contribution >= 4 is 29.8 Å². The minimum absolute atomic E-state index is 0.321. The topological polar surface area (TPSA) is 173 Å². The molecule has 1 heterocycles. The highest BCUT2D eigenvalue weighted by molar-refractivity contribution is 5.73. The number of esters is 4. The summed E-state index contributed by atoms with van der Waals surface area (Å²) in [6, 6.07) is -0.921. The van der Waals surface area contributed by atoms with Crippen LogP contribution < -0.4 is 5.32 Å². The quantitative estimate of drug-likeness (QED) is 0.211. The molecule has 0 saturated carbocycles. The number of hydrogen-bond acceptors (Lipinski definition) is 12. The zero-order valence-electron chi connectivity index (χ0n) is 20.5. The van der Waals surface area contributed by atoms with Crippen LogP contribution in [0.5, 0.6) is 0 Å². The molecule has 0 spiro atoms. The fraction of sp³-hybridized carbons (Fsp3) is 0.682. The summed E-state index contributed by atoms with van der Waals surface area (Å²) in [5.41, 5.74) is 0. The smallest absolute Gasteiger partial charge is 0.303 e. The number of aliphatic hydroxyl groups is 1. The van der Waals surface area contributed by atoms with Crippen molar-refractivity contribution < 1.29 is 57.5 Å². The van der Waals surface area contributed by atoms with E-state index in [0.717, 1.165) is 27.7 Å². The molecule has 1 saturated heterocycles. The van der Waals surface area contributed by atoms with Gasteiger partial charge in [0.1, 0.15) is 12.7 Å². The highest BCUT2D eigenvalue weighted by Gasteiger charge is 2.53.